The summed E-state index contributed by atoms with van der Waals surface area (Å²) in [4.78, 5) is 8.88. The summed E-state index contributed by atoms with van der Waals surface area (Å²) < 4.78 is 0. The molecule has 3 heterocycles. The van der Waals surface area contributed by atoms with Crippen LogP contribution < -0.4 is 0 Å². The van der Waals surface area contributed by atoms with E-state index in [0.717, 1.165) is 27.9 Å². The molecule has 4 heteroatoms. The average Bonchev–Trinajstić information content (AvgIpc) is 2.87. The van der Waals surface area contributed by atoms with Crippen LogP contribution in [-0.2, 0) is 0 Å². The summed E-state index contributed by atoms with van der Waals surface area (Å²) in [5, 5.41) is 8.09. The highest BCUT2D eigenvalue weighted by atomic mass is 15.1. The van der Waals surface area contributed by atoms with Crippen LogP contribution in [-0.4, -0.2) is 20.2 Å². The number of nitrogens with one attached hydrogen (secondary N) is 1. The van der Waals surface area contributed by atoms with Crippen LogP contribution in [0.5, 0.6) is 0 Å². The number of aromatic nitrogens is 4. The van der Waals surface area contributed by atoms with E-state index in [2.05, 4.69) is 46.1 Å². The van der Waals surface area contributed by atoms with Gasteiger partial charge in [0.2, 0.25) is 0 Å². The summed E-state index contributed by atoms with van der Waals surface area (Å²) in [6.45, 7) is 4.27. The third-order valence-electron chi connectivity index (χ3n) is 3.01. The molecule has 90 valence electrons. The van der Waals surface area contributed by atoms with Gasteiger partial charge in [0, 0.05) is 29.0 Å². The summed E-state index contributed by atoms with van der Waals surface area (Å²) in [5.41, 5.74) is 3.95. The van der Waals surface area contributed by atoms with Crippen molar-refractivity contribution < 1.29 is 0 Å². The third-order valence-corrected chi connectivity index (χ3v) is 3.01. The van der Waals surface area contributed by atoms with Gasteiger partial charge in [-0.25, -0.2) is 0 Å². The normalized spacial score (nSPS) is 11.3. The lowest BCUT2D eigenvalue weighted by Gasteiger charge is -2.06. The Morgan fingerprint density at radius 2 is 1.94 bits per heavy atom. The van der Waals surface area contributed by atoms with E-state index in [4.69, 9.17) is 0 Å². The van der Waals surface area contributed by atoms with E-state index in [0.29, 0.717) is 5.92 Å². The van der Waals surface area contributed by atoms with Gasteiger partial charge in [0.15, 0.2) is 0 Å². The summed E-state index contributed by atoms with van der Waals surface area (Å²) in [6.07, 6.45) is 5.47. The van der Waals surface area contributed by atoms with E-state index in [1.165, 1.54) is 0 Å². The van der Waals surface area contributed by atoms with Crippen molar-refractivity contribution in [2.45, 2.75) is 19.8 Å². The molecule has 0 aliphatic heterocycles. The highest BCUT2D eigenvalue weighted by Gasteiger charge is 2.08. The molecule has 0 aliphatic rings. The number of hydrogen-bond acceptors (Lipinski definition) is 3. The number of nitrogens with zero attached hydrogens (tertiary/aromatic N) is 3. The molecule has 3 rings (SSSR count). The van der Waals surface area contributed by atoms with Crippen LogP contribution in [0.25, 0.3) is 22.2 Å². The molecule has 18 heavy (non-hydrogen) atoms. The molecule has 0 saturated carbocycles. The van der Waals surface area contributed by atoms with E-state index in [1.807, 2.05) is 12.3 Å². The van der Waals surface area contributed by atoms with E-state index in [-0.39, 0.29) is 0 Å². The summed E-state index contributed by atoms with van der Waals surface area (Å²) in [5.74, 6) is 0.440. The van der Waals surface area contributed by atoms with Crippen LogP contribution in [0, 0.1) is 0 Å². The molecule has 0 amide bonds. The predicted molar refractivity (Wildman–Crippen MR) is 71.2 cm³/mol. The molecule has 0 fully saturated rings. The molecule has 0 unspecified atom stereocenters. The molecule has 0 bridgehead atoms. The second kappa shape index (κ2) is 4.22. The molecule has 1 N–H and O–H groups in total. The van der Waals surface area contributed by atoms with Gasteiger partial charge in [-0.3, -0.25) is 15.1 Å². The van der Waals surface area contributed by atoms with Crippen molar-refractivity contribution >= 4 is 10.9 Å². The number of pyridine rings is 2. The van der Waals surface area contributed by atoms with Crippen molar-refractivity contribution in [3.05, 3.63) is 42.5 Å². The van der Waals surface area contributed by atoms with Gasteiger partial charge in [-0.15, -0.1) is 0 Å². The predicted octanol–water partition coefficient (Wildman–Crippen LogP) is 3.14. The highest BCUT2D eigenvalue weighted by Crippen LogP contribution is 2.24. The quantitative estimate of drug-likeness (QED) is 0.746. The minimum absolute atomic E-state index is 0.440. The first-order valence-electron chi connectivity index (χ1n) is 6.00. The lowest BCUT2D eigenvalue weighted by molar-refractivity contribution is 0.823. The first kappa shape index (κ1) is 10.9. The molecule has 0 aromatic carbocycles. The van der Waals surface area contributed by atoms with Gasteiger partial charge in [0.05, 0.1) is 17.4 Å². The van der Waals surface area contributed by atoms with Crippen molar-refractivity contribution in [1.29, 1.82) is 0 Å². The maximum Gasteiger partial charge on any atom is 0.0974 e. The molecule has 0 atom stereocenters. The SMILES string of the molecule is CC(C)c1ccc(-c2nccc3cn[nH]c23)cn1. The number of fused-ring (bicyclic) bond motifs is 1. The number of hydrogen-bond donors (Lipinski definition) is 1. The Hall–Kier alpha value is -2.23. The van der Waals surface area contributed by atoms with Crippen molar-refractivity contribution in [3.8, 4) is 11.3 Å². The standard InChI is InChI=1S/C14H14N4/c1-9(2)12-4-3-10(7-16-12)13-14-11(5-6-15-13)8-17-18-14/h3-9H,1-2H3,(H,17,18). The largest absolute Gasteiger partial charge is 0.276 e. The zero-order valence-corrected chi connectivity index (χ0v) is 10.4. The fourth-order valence-electron chi connectivity index (χ4n) is 1.97. The molecule has 0 saturated heterocycles. The van der Waals surface area contributed by atoms with Crippen molar-refractivity contribution in [3.63, 3.8) is 0 Å². The molecular formula is C14H14N4. The van der Waals surface area contributed by atoms with Gasteiger partial charge >= 0.3 is 0 Å². The van der Waals surface area contributed by atoms with Crippen LogP contribution in [0.2, 0.25) is 0 Å². The lowest BCUT2D eigenvalue weighted by Crippen LogP contribution is -1.93. The summed E-state index contributed by atoms with van der Waals surface area (Å²) in [7, 11) is 0. The van der Waals surface area contributed by atoms with Crippen molar-refractivity contribution in [2.24, 2.45) is 0 Å². The van der Waals surface area contributed by atoms with Crippen LogP contribution in [0.4, 0.5) is 0 Å². The first-order valence-corrected chi connectivity index (χ1v) is 6.00. The Labute approximate surface area is 105 Å². The zero-order valence-electron chi connectivity index (χ0n) is 10.4. The summed E-state index contributed by atoms with van der Waals surface area (Å²) >= 11 is 0. The molecule has 4 nitrogen and oxygen atoms in total. The maximum absolute atomic E-state index is 4.47. The Morgan fingerprint density at radius 3 is 2.67 bits per heavy atom. The average molecular weight is 238 g/mol. The lowest BCUT2D eigenvalue weighted by atomic mass is 10.1. The fourth-order valence-corrected chi connectivity index (χ4v) is 1.97. The number of H-pyrrole nitrogens is 1. The Bertz CT molecular complexity index is 668. The van der Waals surface area contributed by atoms with Gasteiger partial charge in [-0.2, -0.15) is 5.10 Å². The Balaban J connectivity index is 2.11. The van der Waals surface area contributed by atoms with Crippen LogP contribution >= 0.6 is 0 Å². The van der Waals surface area contributed by atoms with Crippen molar-refractivity contribution in [1.82, 2.24) is 20.2 Å². The van der Waals surface area contributed by atoms with Gasteiger partial charge in [-0.05, 0) is 24.1 Å². The highest BCUT2D eigenvalue weighted by molar-refractivity contribution is 5.90. The van der Waals surface area contributed by atoms with Crippen LogP contribution in [0.3, 0.4) is 0 Å². The van der Waals surface area contributed by atoms with E-state index < -0.39 is 0 Å². The fraction of sp³-hybridized carbons (Fsp3) is 0.214. The molecule has 0 aliphatic carbocycles. The Morgan fingerprint density at radius 1 is 1.06 bits per heavy atom. The van der Waals surface area contributed by atoms with Gasteiger partial charge in [0.25, 0.3) is 0 Å². The third kappa shape index (κ3) is 1.76. The summed E-state index contributed by atoms with van der Waals surface area (Å²) in [6, 6.07) is 6.06. The molecule has 3 aromatic rings. The molecule has 0 spiro atoms. The van der Waals surface area contributed by atoms with E-state index >= 15 is 0 Å². The van der Waals surface area contributed by atoms with E-state index in [9.17, 15) is 0 Å². The molecule has 3 aromatic heterocycles. The number of rotatable bonds is 2. The van der Waals surface area contributed by atoms with Gasteiger partial charge < -0.3 is 0 Å². The zero-order chi connectivity index (χ0) is 12.5. The van der Waals surface area contributed by atoms with Gasteiger partial charge in [0.1, 0.15) is 0 Å². The van der Waals surface area contributed by atoms with Crippen LogP contribution in [0.15, 0.2) is 36.8 Å². The maximum atomic E-state index is 4.47. The number of aromatic amines is 1. The first-order chi connectivity index (χ1) is 8.75. The second-order valence-electron chi connectivity index (χ2n) is 4.62. The monoisotopic (exact) mass is 238 g/mol. The van der Waals surface area contributed by atoms with Crippen molar-refractivity contribution in [2.75, 3.05) is 0 Å². The minimum Gasteiger partial charge on any atom is -0.276 e. The molecule has 0 radical (unpaired) electrons. The Kier molecular flexibility index (Phi) is 2.55. The van der Waals surface area contributed by atoms with Crippen LogP contribution in [0.1, 0.15) is 25.5 Å². The molecular weight excluding hydrogens is 224 g/mol. The topological polar surface area (TPSA) is 54.5 Å². The minimum atomic E-state index is 0.440. The van der Waals surface area contributed by atoms with E-state index in [1.54, 1.807) is 12.4 Å². The smallest absolute Gasteiger partial charge is 0.0974 e. The van der Waals surface area contributed by atoms with Gasteiger partial charge in [-0.1, -0.05) is 13.8 Å². The second-order valence-corrected chi connectivity index (χ2v) is 4.62.